The normalized spacial score (nSPS) is 15.2. The van der Waals surface area contributed by atoms with Crippen LogP contribution in [0.5, 0.6) is 0 Å². The maximum Gasteiger partial charge on any atom is 0.326 e. The number of carbonyl (C=O) groups excluding carboxylic acids is 1. The Morgan fingerprint density at radius 2 is 1.70 bits per heavy atom. The molecule has 0 fully saturated rings. The van der Waals surface area contributed by atoms with Crippen LogP contribution in [0.1, 0.15) is 31.4 Å². The summed E-state index contributed by atoms with van der Waals surface area (Å²) in [5, 5.41) is 15.8. The first-order valence-electron chi connectivity index (χ1n) is 10.9. The third kappa shape index (κ3) is 7.02. The lowest BCUT2D eigenvalue weighted by Gasteiger charge is -2.25. The van der Waals surface area contributed by atoms with Crippen molar-refractivity contribution < 1.29 is 24.2 Å². The van der Waals surface area contributed by atoms with Crippen LogP contribution in [0.3, 0.4) is 0 Å². The van der Waals surface area contributed by atoms with E-state index in [4.69, 9.17) is 0 Å². The number of aliphatic carboxylic acids is 1. The van der Waals surface area contributed by atoms with Crippen molar-refractivity contribution in [2.75, 3.05) is 0 Å². The Kier molecular flexibility index (Phi) is 8.08. The van der Waals surface area contributed by atoms with Gasteiger partial charge in [0.1, 0.15) is 6.04 Å². The van der Waals surface area contributed by atoms with Crippen LogP contribution in [-0.2, 0) is 26.7 Å². The van der Waals surface area contributed by atoms with Crippen LogP contribution in [-0.4, -0.2) is 38.9 Å². The van der Waals surface area contributed by atoms with Gasteiger partial charge in [-0.25, -0.2) is 9.88 Å². The fraction of sp³-hybridized carbons (Fsp3) is 0.333. The molecule has 3 rings (SSSR count). The van der Waals surface area contributed by atoms with Crippen molar-refractivity contribution in [3.05, 3.63) is 71.9 Å². The number of carboxylic acid groups (broad SMARTS) is 1. The first kappa shape index (κ1) is 24.7. The van der Waals surface area contributed by atoms with Gasteiger partial charge in [0.2, 0.25) is 5.91 Å². The van der Waals surface area contributed by atoms with Crippen LogP contribution in [0.15, 0.2) is 60.8 Å². The molecule has 0 saturated heterocycles. The quantitative estimate of drug-likeness (QED) is 0.271. The molecule has 0 saturated carbocycles. The highest BCUT2D eigenvalue weighted by molar-refractivity contribution is 7.55. The highest BCUT2D eigenvalue weighted by Crippen LogP contribution is 2.41. The van der Waals surface area contributed by atoms with Gasteiger partial charge in [0.25, 0.3) is 7.52 Å². The Balaban J connectivity index is 1.74. The van der Waals surface area contributed by atoms with Crippen molar-refractivity contribution in [3.63, 3.8) is 0 Å². The fourth-order valence-corrected chi connectivity index (χ4v) is 5.31. The van der Waals surface area contributed by atoms with Gasteiger partial charge in [0, 0.05) is 23.5 Å². The summed E-state index contributed by atoms with van der Waals surface area (Å²) in [4.78, 5) is 38.6. The molecule has 0 aliphatic rings. The van der Waals surface area contributed by atoms with Crippen molar-refractivity contribution >= 4 is 30.3 Å². The molecule has 9 heteroatoms. The average molecular weight is 471 g/mol. The molecule has 1 unspecified atom stereocenters. The Hall–Kier alpha value is -2.93. The molecule has 5 N–H and O–H groups in total. The van der Waals surface area contributed by atoms with Gasteiger partial charge in [0.15, 0.2) is 0 Å². The van der Waals surface area contributed by atoms with Gasteiger partial charge in [-0.3, -0.25) is 9.36 Å². The van der Waals surface area contributed by atoms with Crippen molar-refractivity contribution in [1.82, 2.24) is 15.4 Å². The number of hydrogen-bond donors (Lipinski definition) is 5. The van der Waals surface area contributed by atoms with Crippen LogP contribution in [0.2, 0.25) is 0 Å². The lowest BCUT2D eigenvalue weighted by Crippen LogP contribution is -2.50. The van der Waals surface area contributed by atoms with Gasteiger partial charge < -0.3 is 20.3 Å². The lowest BCUT2D eigenvalue weighted by molar-refractivity contribution is -0.142. The van der Waals surface area contributed by atoms with Gasteiger partial charge in [-0.05, 0) is 29.5 Å². The average Bonchev–Trinajstić information content (AvgIpc) is 3.15. The SMILES string of the molecule is CC(C)C[C@H](NP(=O)(O)Cc1ccccc1)C(=O)N[C@@H](Cc1c[nH]c2ccccc12)C(=O)O. The molecule has 0 radical (unpaired) electrons. The largest absolute Gasteiger partial charge is 0.480 e. The van der Waals surface area contributed by atoms with Crippen LogP contribution in [0.25, 0.3) is 10.9 Å². The number of benzene rings is 2. The van der Waals surface area contributed by atoms with E-state index in [9.17, 15) is 24.2 Å². The second kappa shape index (κ2) is 10.8. The number of aromatic nitrogens is 1. The number of fused-ring (bicyclic) bond motifs is 1. The van der Waals surface area contributed by atoms with Crippen molar-refractivity contribution in [3.8, 4) is 0 Å². The summed E-state index contributed by atoms with van der Waals surface area (Å²) in [6.45, 7) is 3.78. The minimum atomic E-state index is -3.90. The highest BCUT2D eigenvalue weighted by Gasteiger charge is 2.31. The molecule has 0 aliphatic heterocycles. The Labute approximate surface area is 192 Å². The predicted molar refractivity (Wildman–Crippen MR) is 128 cm³/mol. The summed E-state index contributed by atoms with van der Waals surface area (Å²) >= 11 is 0. The van der Waals surface area contributed by atoms with Gasteiger partial charge >= 0.3 is 5.97 Å². The zero-order chi connectivity index (χ0) is 24.0. The zero-order valence-electron chi connectivity index (χ0n) is 18.7. The second-order valence-corrected chi connectivity index (χ2v) is 10.6. The molecular weight excluding hydrogens is 441 g/mol. The standard InChI is InChI=1S/C24H30N3O5P/c1-16(2)12-21(27-33(31,32)15-17-8-4-3-5-9-17)23(28)26-22(24(29)30)13-18-14-25-20-11-7-6-10-19(18)20/h3-11,14,16,21-22,25H,12-13,15H2,1-2H3,(H,26,28)(H,29,30)(H2,27,31,32)/t21-,22-/m0/s1. The van der Waals surface area contributed by atoms with Crippen molar-refractivity contribution in [1.29, 1.82) is 0 Å². The number of nitrogens with one attached hydrogen (secondary N) is 3. The number of amides is 1. The number of H-pyrrole nitrogens is 1. The topological polar surface area (TPSA) is 132 Å². The molecule has 0 aliphatic carbocycles. The van der Waals surface area contributed by atoms with E-state index in [1.165, 1.54) is 0 Å². The molecule has 0 spiro atoms. The summed E-state index contributed by atoms with van der Waals surface area (Å²) in [7, 11) is -3.90. The minimum absolute atomic E-state index is 0.0434. The van der Waals surface area contributed by atoms with E-state index < -0.39 is 31.5 Å². The number of carbonyl (C=O) groups is 2. The number of hydrogen-bond acceptors (Lipinski definition) is 3. The van der Waals surface area contributed by atoms with Gasteiger partial charge in [-0.2, -0.15) is 0 Å². The van der Waals surface area contributed by atoms with Crippen LogP contribution >= 0.6 is 7.52 Å². The maximum absolute atomic E-state index is 13.0. The lowest BCUT2D eigenvalue weighted by atomic mass is 10.0. The number of rotatable bonds is 11. The molecule has 176 valence electrons. The second-order valence-electron chi connectivity index (χ2n) is 8.62. The molecule has 1 heterocycles. The predicted octanol–water partition coefficient (Wildman–Crippen LogP) is 3.67. The highest BCUT2D eigenvalue weighted by atomic mass is 31.2. The van der Waals surface area contributed by atoms with E-state index in [1.807, 2.05) is 44.2 Å². The molecule has 3 aromatic rings. The number of carboxylic acids is 1. The first-order valence-corrected chi connectivity index (χ1v) is 12.7. The molecule has 8 nitrogen and oxygen atoms in total. The van der Waals surface area contributed by atoms with Gasteiger partial charge in [-0.1, -0.05) is 62.4 Å². The smallest absolute Gasteiger partial charge is 0.326 e. The maximum atomic E-state index is 13.0. The van der Waals surface area contributed by atoms with Crippen molar-refractivity contribution in [2.45, 2.75) is 44.9 Å². The van der Waals surface area contributed by atoms with E-state index in [0.29, 0.717) is 5.56 Å². The Bertz CT molecular complexity index is 1150. The summed E-state index contributed by atoms with van der Waals surface area (Å²) in [5.74, 6) is -1.74. The summed E-state index contributed by atoms with van der Waals surface area (Å²) < 4.78 is 12.8. The Morgan fingerprint density at radius 1 is 1.03 bits per heavy atom. The molecule has 2 aromatic carbocycles. The van der Waals surface area contributed by atoms with E-state index in [0.717, 1.165) is 16.5 Å². The van der Waals surface area contributed by atoms with Crippen molar-refractivity contribution in [2.24, 2.45) is 5.92 Å². The molecule has 0 bridgehead atoms. The van der Waals surface area contributed by atoms with E-state index >= 15 is 0 Å². The summed E-state index contributed by atoms with van der Waals surface area (Å²) in [5.41, 5.74) is 2.32. The molecule has 1 amide bonds. The minimum Gasteiger partial charge on any atom is -0.480 e. The van der Waals surface area contributed by atoms with E-state index in [-0.39, 0.29) is 24.9 Å². The number of para-hydroxylation sites is 1. The number of aromatic amines is 1. The molecular formula is C24H30N3O5P. The molecule has 3 atom stereocenters. The molecule has 1 aromatic heterocycles. The van der Waals surface area contributed by atoms with E-state index in [1.54, 1.807) is 30.5 Å². The monoisotopic (exact) mass is 471 g/mol. The zero-order valence-corrected chi connectivity index (χ0v) is 19.6. The molecule has 33 heavy (non-hydrogen) atoms. The van der Waals surface area contributed by atoms with Crippen LogP contribution < -0.4 is 10.4 Å². The van der Waals surface area contributed by atoms with Gasteiger partial charge in [0.05, 0.1) is 12.2 Å². The third-order valence-corrected chi connectivity index (χ3v) is 6.84. The third-order valence-electron chi connectivity index (χ3n) is 5.33. The van der Waals surface area contributed by atoms with Crippen LogP contribution in [0, 0.1) is 5.92 Å². The van der Waals surface area contributed by atoms with E-state index in [2.05, 4.69) is 15.4 Å². The first-order chi connectivity index (χ1) is 15.6. The summed E-state index contributed by atoms with van der Waals surface area (Å²) in [6, 6.07) is 14.2. The van der Waals surface area contributed by atoms with Crippen LogP contribution in [0.4, 0.5) is 0 Å². The summed E-state index contributed by atoms with van der Waals surface area (Å²) in [6.07, 6.45) is 1.97. The fourth-order valence-electron chi connectivity index (χ4n) is 3.80. The Morgan fingerprint density at radius 3 is 2.36 bits per heavy atom. The van der Waals surface area contributed by atoms with Gasteiger partial charge in [-0.15, -0.1) is 0 Å².